The first kappa shape index (κ1) is 15.3. The van der Waals surface area contributed by atoms with Gasteiger partial charge in [-0.15, -0.1) is 0 Å². The van der Waals surface area contributed by atoms with Crippen molar-refractivity contribution < 1.29 is 9.84 Å². The van der Waals surface area contributed by atoms with Crippen molar-refractivity contribution in [2.45, 2.75) is 50.7 Å². The molecule has 0 bridgehead atoms. The molecular weight excluding hydrogens is 452 g/mol. The highest BCUT2D eigenvalue weighted by Crippen LogP contribution is 2.54. The first-order valence-corrected chi connectivity index (χ1v) is 9.40. The molecule has 1 aromatic carbocycles. The predicted molar refractivity (Wildman–Crippen MR) is 90.1 cm³/mol. The molecule has 0 saturated heterocycles. The Kier molecular flexibility index (Phi) is 4.52. The molecule has 1 N–H and O–H groups in total. The molecule has 2 nitrogen and oxygen atoms in total. The Morgan fingerprint density at radius 1 is 1.05 bits per heavy atom. The number of rotatable bonds is 2. The highest BCUT2D eigenvalue weighted by Gasteiger charge is 2.56. The average Bonchev–Trinajstić information content (AvgIpc) is 2.42. The van der Waals surface area contributed by atoms with E-state index in [1.807, 2.05) is 12.1 Å². The van der Waals surface area contributed by atoms with Crippen molar-refractivity contribution in [2.24, 2.45) is 5.41 Å². The van der Waals surface area contributed by atoms with Gasteiger partial charge >= 0.3 is 0 Å². The summed E-state index contributed by atoms with van der Waals surface area (Å²) >= 11 is 10.6. The average molecular weight is 469 g/mol. The molecule has 0 heterocycles. The van der Waals surface area contributed by atoms with Crippen LogP contribution in [0.2, 0.25) is 0 Å². The maximum absolute atomic E-state index is 10.2. The maximum Gasteiger partial charge on any atom is 0.148 e. The summed E-state index contributed by atoms with van der Waals surface area (Å²) in [7, 11) is 0. The standard InChI is InChI=1S/C15H17Br3O2/c16-9-6-10(17)14(11(18)7-9)20-13-8-12(19)15(13)4-2-1-3-5-15/h6-7,12-13,19H,1-5,8H2. The fourth-order valence-corrected chi connectivity index (χ4v) is 5.99. The Balaban J connectivity index is 1.82. The lowest BCUT2D eigenvalue weighted by atomic mass is 9.56. The van der Waals surface area contributed by atoms with Crippen LogP contribution in [0.3, 0.4) is 0 Å². The third-order valence-corrected chi connectivity index (χ3v) is 6.39. The summed E-state index contributed by atoms with van der Waals surface area (Å²) in [4.78, 5) is 0. The van der Waals surface area contributed by atoms with Crippen LogP contribution < -0.4 is 4.74 Å². The van der Waals surface area contributed by atoms with Crippen molar-refractivity contribution in [3.63, 3.8) is 0 Å². The van der Waals surface area contributed by atoms with Gasteiger partial charge in [0.15, 0.2) is 0 Å². The molecule has 2 aliphatic carbocycles. The third kappa shape index (κ3) is 2.59. The van der Waals surface area contributed by atoms with Crippen LogP contribution in [0.4, 0.5) is 0 Å². The smallest absolute Gasteiger partial charge is 0.148 e. The van der Waals surface area contributed by atoms with Crippen molar-refractivity contribution in [1.29, 1.82) is 0 Å². The second-order valence-corrected chi connectivity index (χ2v) is 8.47. The lowest BCUT2D eigenvalue weighted by Crippen LogP contribution is -2.60. The van der Waals surface area contributed by atoms with Gasteiger partial charge in [0.05, 0.1) is 15.0 Å². The Bertz CT molecular complexity index is 489. The Morgan fingerprint density at radius 3 is 2.20 bits per heavy atom. The summed E-state index contributed by atoms with van der Waals surface area (Å²) in [5, 5.41) is 10.2. The first-order valence-electron chi connectivity index (χ1n) is 7.02. The number of halogens is 3. The summed E-state index contributed by atoms with van der Waals surface area (Å²) in [6, 6.07) is 3.98. The van der Waals surface area contributed by atoms with Gasteiger partial charge in [-0.2, -0.15) is 0 Å². The highest BCUT2D eigenvalue weighted by atomic mass is 79.9. The summed E-state index contributed by atoms with van der Waals surface area (Å²) in [6.07, 6.45) is 6.56. The van der Waals surface area contributed by atoms with E-state index in [2.05, 4.69) is 47.8 Å². The number of hydrogen-bond donors (Lipinski definition) is 1. The second kappa shape index (κ2) is 5.90. The lowest BCUT2D eigenvalue weighted by Gasteiger charge is -2.55. The van der Waals surface area contributed by atoms with Gasteiger partial charge in [-0.3, -0.25) is 0 Å². The largest absolute Gasteiger partial charge is 0.487 e. The molecule has 1 aromatic rings. The quantitative estimate of drug-likeness (QED) is 0.626. The molecule has 0 radical (unpaired) electrons. The van der Waals surface area contributed by atoms with Crippen LogP contribution in [0.5, 0.6) is 5.75 Å². The first-order chi connectivity index (χ1) is 9.53. The highest BCUT2D eigenvalue weighted by molar-refractivity contribution is 9.11. The van der Waals surface area contributed by atoms with Gasteiger partial charge < -0.3 is 9.84 Å². The van der Waals surface area contributed by atoms with Crippen LogP contribution in [0.25, 0.3) is 0 Å². The fraction of sp³-hybridized carbons (Fsp3) is 0.600. The minimum atomic E-state index is -0.194. The number of aliphatic hydroxyl groups excluding tert-OH is 1. The molecule has 2 unspecified atom stereocenters. The Morgan fingerprint density at radius 2 is 1.65 bits per heavy atom. The Hall–Kier alpha value is 0.420. The van der Waals surface area contributed by atoms with E-state index >= 15 is 0 Å². The molecule has 0 aromatic heterocycles. The number of benzene rings is 1. The third-order valence-electron chi connectivity index (χ3n) is 4.75. The van der Waals surface area contributed by atoms with Crippen molar-refractivity contribution in [3.05, 3.63) is 25.6 Å². The van der Waals surface area contributed by atoms with Gasteiger partial charge in [-0.25, -0.2) is 0 Å². The predicted octanol–water partition coefficient (Wildman–Crippen LogP) is 5.44. The molecule has 0 aliphatic heterocycles. The molecular formula is C15H17Br3O2. The lowest BCUT2D eigenvalue weighted by molar-refractivity contribution is -0.172. The van der Waals surface area contributed by atoms with Gasteiger partial charge in [0.2, 0.25) is 0 Å². The molecule has 2 aliphatic rings. The van der Waals surface area contributed by atoms with Gasteiger partial charge in [0, 0.05) is 16.3 Å². The number of hydrogen-bond acceptors (Lipinski definition) is 2. The molecule has 2 saturated carbocycles. The van der Waals surface area contributed by atoms with Crippen molar-refractivity contribution in [1.82, 2.24) is 0 Å². The van der Waals surface area contributed by atoms with E-state index in [1.165, 1.54) is 19.3 Å². The van der Waals surface area contributed by atoms with Gasteiger partial charge in [-0.05, 0) is 56.8 Å². The summed E-state index contributed by atoms with van der Waals surface area (Å²) < 4.78 is 9.13. The molecule has 2 fully saturated rings. The van der Waals surface area contributed by atoms with E-state index in [9.17, 15) is 5.11 Å². The fourth-order valence-electron chi connectivity index (χ4n) is 3.54. The zero-order valence-corrected chi connectivity index (χ0v) is 15.8. The SMILES string of the molecule is OC1CC(Oc2c(Br)cc(Br)cc2Br)C12CCCCC2. The number of aliphatic hydroxyl groups is 1. The van der Waals surface area contributed by atoms with E-state index < -0.39 is 0 Å². The van der Waals surface area contributed by atoms with Crippen LogP contribution in [0, 0.1) is 5.41 Å². The normalized spacial score (nSPS) is 28.2. The van der Waals surface area contributed by atoms with Crippen LogP contribution in [0.15, 0.2) is 25.6 Å². The Labute approximate surface area is 144 Å². The van der Waals surface area contributed by atoms with Crippen molar-refractivity contribution >= 4 is 47.8 Å². The van der Waals surface area contributed by atoms with Gasteiger partial charge in [0.1, 0.15) is 11.9 Å². The van der Waals surface area contributed by atoms with Crippen molar-refractivity contribution in [3.8, 4) is 5.75 Å². The summed E-state index contributed by atoms with van der Waals surface area (Å²) in [5.74, 6) is 0.843. The molecule has 110 valence electrons. The molecule has 5 heteroatoms. The van der Waals surface area contributed by atoms with Crippen LogP contribution in [-0.2, 0) is 0 Å². The van der Waals surface area contributed by atoms with Gasteiger partial charge in [-0.1, -0.05) is 35.2 Å². The second-order valence-electron chi connectivity index (χ2n) is 5.85. The van der Waals surface area contributed by atoms with Crippen LogP contribution in [-0.4, -0.2) is 17.3 Å². The van der Waals surface area contributed by atoms with Crippen LogP contribution in [0.1, 0.15) is 38.5 Å². The minimum absolute atomic E-state index is 0.00972. The molecule has 1 spiro atoms. The molecule has 3 rings (SSSR count). The van der Waals surface area contributed by atoms with E-state index in [0.29, 0.717) is 0 Å². The monoisotopic (exact) mass is 466 g/mol. The topological polar surface area (TPSA) is 29.5 Å². The van der Waals surface area contributed by atoms with Gasteiger partial charge in [0.25, 0.3) is 0 Å². The molecule has 0 amide bonds. The zero-order valence-electron chi connectivity index (χ0n) is 11.0. The maximum atomic E-state index is 10.2. The molecule has 2 atom stereocenters. The minimum Gasteiger partial charge on any atom is -0.487 e. The summed E-state index contributed by atoms with van der Waals surface area (Å²) in [6.45, 7) is 0. The van der Waals surface area contributed by atoms with E-state index in [0.717, 1.165) is 38.4 Å². The van der Waals surface area contributed by atoms with E-state index in [-0.39, 0.29) is 17.6 Å². The summed E-state index contributed by atoms with van der Waals surface area (Å²) in [5.41, 5.74) is -0.00972. The molecule has 20 heavy (non-hydrogen) atoms. The van der Waals surface area contributed by atoms with E-state index in [1.54, 1.807) is 0 Å². The zero-order chi connectivity index (χ0) is 14.3. The number of ether oxygens (including phenoxy) is 1. The van der Waals surface area contributed by atoms with Crippen LogP contribution >= 0.6 is 47.8 Å². The van der Waals surface area contributed by atoms with E-state index in [4.69, 9.17) is 4.74 Å². The van der Waals surface area contributed by atoms with Crippen molar-refractivity contribution in [2.75, 3.05) is 0 Å².